The summed E-state index contributed by atoms with van der Waals surface area (Å²) in [7, 11) is -4.62. The molecule has 0 bridgehead atoms. The fraction of sp³-hybridized carbons (Fsp3) is 0.844. The van der Waals surface area contributed by atoms with Crippen molar-refractivity contribution < 1.29 is 42.4 Å². The molecule has 0 heterocycles. The molecule has 0 amide bonds. The van der Waals surface area contributed by atoms with Gasteiger partial charge in [0, 0.05) is 12.8 Å². The number of ketones is 1. The highest BCUT2D eigenvalue weighted by molar-refractivity contribution is 7.47. The molecule has 56 heavy (non-hydrogen) atoms. The van der Waals surface area contributed by atoms with E-state index >= 15 is 0 Å². The van der Waals surface area contributed by atoms with Crippen LogP contribution in [0.1, 0.15) is 213 Å². The molecule has 11 heteroatoms. The van der Waals surface area contributed by atoms with E-state index in [2.05, 4.69) is 26.0 Å². The van der Waals surface area contributed by atoms with Gasteiger partial charge in [-0.25, -0.2) is 4.57 Å². The first-order valence-electron chi connectivity index (χ1n) is 22.6. The smallest absolute Gasteiger partial charge is 0.462 e. The highest BCUT2D eigenvalue weighted by Gasteiger charge is 2.27. The SMILES string of the molecule is CCCCCCCCCCCCCC=CCCC(=O)OCC(COP(=O)(O)OCC(N)C(C)=O)OC(=O)CCC=CCCCCCCCCCCCCCCC. The summed E-state index contributed by atoms with van der Waals surface area (Å²) in [5.41, 5.74) is 5.58. The highest BCUT2D eigenvalue weighted by Crippen LogP contribution is 2.43. The predicted octanol–water partition coefficient (Wildman–Crippen LogP) is 12.3. The Kier molecular flexibility index (Phi) is 38.6. The minimum Gasteiger partial charge on any atom is -0.462 e. The molecule has 3 N–H and O–H groups in total. The molecule has 0 saturated carbocycles. The van der Waals surface area contributed by atoms with E-state index in [1.807, 2.05) is 12.2 Å². The predicted molar refractivity (Wildman–Crippen MR) is 229 cm³/mol. The van der Waals surface area contributed by atoms with Crippen LogP contribution in [-0.4, -0.2) is 54.6 Å². The van der Waals surface area contributed by atoms with Crippen molar-refractivity contribution in [1.29, 1.82) is 0 Å². The molecule has 0 spiro atoms. The first kappa shape index (κ1) is 54.2. The van der Waals surface area contributed by atoms with Gasteiger partial charge in [-0.3, -0.25) is 23.4 Å². The number of esters is 2. The summed E-state index contributed by atoms with van der Waals surface area (Å²) in [6.45, 7) is 4.35. The van der Waals surface area contributed by atoms with Gasteiger partial charge < -0.3 is 20.1 Å². The lowest BCUT2D eigenvalue weighted by Gasteiger charge is -2.20. The molecular weight excluding hydrogens is 729 g/mol. The number of phosphoric ester groups is 1. The van der Waals surface area contributed by atoms with Crippen LogP contribution >= 0.6 is 7.82 Å². The zero-order chi connectivity index (χ0) is 41.4. The Labute approximate surface area is 342 Å². The molecule has 0 saturated heterocycles. The van der Waals surface area contributed by atoms with E-state index in [-0.39, 0.29) is 19.4 Å². The van der Waals surface area contributed by atoms with Gasteiger partial charge in [-0.2, -0.15) is 0 Å². The fourth-order valence-electron chi connectivity index (χ4n) is 6.21. The number of unbranched alkanes of at least 4 members (excludes halogenated alkanes) is 24. The molecule has 0 fully saturated rings. The number of allylic oxidation sites excluding steroid dienone is 4. The fourth-order valence-corrected chi connectivity index (χ4v) is 6.98. The largest absolute Gasteiger partial charge is 0.472 e. The molecule has 3 atom stereocenters. The van der Waals surface area contributed by atoms with Crippen LogP contribution in [0.3, 0.4) is 0 Å². The second-order valence-electron chi connectivity index (χ2n) is 15.4. The molecule has 0 aliphatic heterocycles. The summed E-state index contributed by atoms with van der Waals surface area (Å²) >= 11 is 0. The van der Waals surface area contributed by atoms with Crippen LogP contribution in [-0.2, 0) is 37.5 Å². The van der Waals surface area contributed by atoms with Crippen molar-refractivity contribution >= 4 is 25.5 Å². The van der Waals surface area contributed by atoms with Gasteiger partial charge in [0.15, 0.2) is 6.10 Å². The molecule has 0 aromatic heterocycles. The maximum absolute atomic E-state index is 12.6. The lowest BCUT2D eigenvalue weighted by molar-refractivity contribution is -0.161. The summed E-state index contributed by atoms with van der Waals surface area (Å²) < 4.78 is 33.0. The minimum atomic E-state index is -4.62. The second-order valence-corrected chi connectivity index (χ2v) is 16.9. The molecular formula is C45H84NO9P. The summed E-state index contributed by atoms with van der Waals surface area (Å²) in [5.74, 6) is -1.43. The number of carbonyl (C=O) groups excluding carboxylic acids is 3. The number of hydrogen-bond acceptors (Lipinski definition) is 9. The summed E-state index contributed by atoms with van der Waals surface area (Å²) in [6.07, 6.45) is 41.7. The van der Waals surface area contributed by atoms with Crippen molar-refractivity contribution in [3.63, 3.8) is 0 Å². The monoisotopic (exact) mass is 814 g/mol. The normalized spacial score (nSPS) is 13.9. The molecule has 0 rings (SSSR count). The summed E-state index contributed by atoms with van der Waals surface area (Å²) in [5, 5.41) is 0. The second kappa shape index (κ2) is 40.0. The van der Waals surface area contributed by atoms with Crippen LogP contribution in [0.15, 0.2) is 24.3 Å². The Morgan fingerprint density at radius 3 is 1.30 bits per heavy atom. The van der Waals surface area contributed by atoms with Gasteiger partial charge in [0.05, 0.1) is 19.3 Å². The molecule has 0 radical (unpaired) electrons. The Morgan fingerprint density at radius 1 is 0.536 bits per heavy atom. The number of hydrogen-bond donors (Lipinski definition) is 2. The van der Waals surface area contributed by atoms with Crippen LogP contribution in [0.2, 0.25) is 0 Å². The number of rotatable bonds is 42. The van der Waals surface area contributed by atoms with Crippen molar-refractivity contribution in [2.75, 3.05) is 19.8 Å². The van der Waals surface area contributed by atoms with Gasteiger partial charge in [0.2, 0.25) is 0 Å². The average Bonchev–Trinajstić information content (AvgIpc) is 3.17. The molecule has 328 valence electrons. The van der Waals surface area contributed by atoms with Crippen molar-refractivity contribution in [1.82, 2.24) is 0 Å². The molecule has 10 nitrogen and oxygen atoms in total. The van der Waals surface area contributed by atoms with Gasteiger partial charge in [0.25, 0.3) is 0 Å². The molecule has 0 aromatic rings. The third-order valence-electron chi connectivity index (χ3n) is 9.90. The lowest BCUT2D eigenvalue weighted by atomic mass is 10.0. The van der Waals surface area contributed by atoms with Gasteiger partial charge in [-0.1, -0.05) is 179 Å². The maximum atomic E-state index is 12.6. The Hall–Kier alpha value is -1.84. The van der Waals surface area contributed by atoms with Gasteiger partial charge >= 0.3 is 19.8 Å². The molecule has 0 aliphatic carbocycles. The van der Waals surface area contributed by atoms with E-state index in [9.17, 15) is 23.8 Å². The standard InChI is InChI=1S/C45H84NO9P/c1-4-6-8-10-12-14-16-18-20-21-23-25-27-29-31-33-35-37-45(49)55-42(39-53-56(50,51)54-40-43(46)41(3)47)38-52-44(48)36-34-32-30-28-26-24-22-19-17-15-13-11-9-7-5-2/h30-33,42-43H,4-29,34-40,46H2,1-3H3,(H,50,51). The summed E-state index contributed by atoms with van der Waals surface area (Å²) in [4.78, 5) is 46.5. The number of ether oxygens (including phenoxy) is 2. The number of carbonyl (C=O) groups is 3. The van der Waals surface area contributed by atoms with E-state index in [1.165, 1.54) is 148 Å². The van der Waals surface area contributed by atoms with Crippen molar-refractivity contribution in [3.8, 4) is 0 Å². The molecule has 3 unspecified atom stereocenters. The lowest BCUT2D eigenvalue weighted by Crippen LogP contribution is -2.33. The number of Topliss-reactive ketones (excluding diaryl/α,β-unsaturated/α-hetero) is 1. The third-order valence-corrected chi connectivity index (χ3v) is 10.9. The number of nitrogens with two attached hydrogens (primary N) is 1. The van der Waals surface area contributed by atoms with Gasteiger partial charge in [-0.05, 0) is 45.4 Å². The Morgan fingerprint density at radius 2 is 0.893 bits per heavy atom. The summed E-state index contributed by atoms with van der Waals surface area (Å²) in [6, 6.07) is -1.08. The number of phosphoric acid groups is 1. The third kappa shape index (κ3) is 39.0. The molecule has 0 aromatic carbocycles. The average molecular weight is 814 g/mol. The zero-order valence-electron chi connectivity index (χ0n) is 36.0. The van der Waals surface area contributed by atoms with Crippen LogP contribution in [0.5, 0.6) is 0 Å². The minimum absolute atomic E-state index is 0.101. The highest BCUT2D eigenvalue weighted by atomic mass is 31.2. The quantitative estimate of drug-likeness (QED) is 0.0264. The molecule has 0 aliphatic rings. The first-order chi connectivity index (χ1) is 27.1. The van der Waals surface area contributed by atoms with E-state index in [1.54, 1.807) is 0 Å². The first-order valence-corrected chi connectivity index (χ1v) is 24.1. The Balaban J connectivity index is 4.41. The van der Waals surface area contributed by atoms with Crippen LogP contribution < -0.4 is 5.73 Å². The van der Waals surface area contributed by atoms with E-state index < -0.39 is 50.9 Å². The van der Waals surface area contributed by atoms with Gasteiger partial charge in [0.1, 0.15) is 12.4 Å². The topological polar surface area (TPSA) is 151 Å². The van der Waals surface area contributed by atoms with Crippen LogP contribution in [0.4, 0.5) is 0 Å². The van der Waals surface area contributed by atoms with E-state index in [4.69, 9.17) is 24.3 Å². The van der Waals surface area contributed by atoms with Crippen molar-refractivity contribution in [2.24, 2.45) is 5.73 Å². The zero-order valence-corrected chi connectivity index (χ0v) is 36.9. The van der Waals surface area contributed by atoms with E-state index in [0.29, 0.717) is 12.8 Å². The van der Waals surface area contributed by atoms with Crippen LogP contribution in [0.25, 0.3) is 0 Å². The van der Waals surface area contributed by atoms with Crippen LogP contribution in [0, 0.1) is 0 Å². The Bertz CT molecular complexity index is 1050. The van der Waals surface area contributed by atoms with E-state index in [0.717, 1.165) is 25.7 Å². The van der Waals surface area contributed by atoms with Crippen molar-refractivity contribution in [3.05, 3.63) is 24.3 Å². The maximum Gasteiger partial charge on any atom is 0.472 e. The van der Waals surface area contributed by atoms with Crippen molar-refractivity contribution in [2.45, 2.75) is 226 Å². The van der Waals surface area contributed by atoms with Gasteiger partial charge in [-0.15, -0.1) is 0 Å².